The molecule has 5 nitrogen and oxygen atoms in total. The number of benzene rings is 2. The van der Waals surface area contributed by atoms with Crippen LogP contribution < -0.4 is 15.9 Å². The van der Waals surface area contributed by atoms with Gasteiger partial charge in [0.25, 0.3) is 5.69 Å². The van der Waals surface area contributed by atoms with Crippen LogP contribution in [0.4, 0.5) is 5.69 Å². The zero-order valence-corrected chi connectivity index (χ0v) is 9.98. The zero-order valence-electron chi connectivity index (χ0n) is 9.98. The van der Waals surface area contributed by atoms with E-state index in [1.54, 1.807) is 12.1 Å². The molecule has 1 N–H and O–H groups in total. The third-order valence-electron chi connectivity index (χ3n) is 3.02. The van der Waals surface area contributed by atoms with Gasteiger partial charge in [-0.05, 0) is 23.8 Å². The van der Waals surface area contributed by atoms with E-state index in [9.17, 15) is 10.1 Å². The summed E-state index contributed by atoms with van der Waals surface area (Å²) < 4.78 is 0. The van der Waals surface area contributed by atoms with E-state index in [2.05, 4.69) is 10.3 Å². The highest BCUT2D eigenvalue weighted by Crippen LogP contribution is 2.18. The molecule has 0 bridgehead atoms. The first-order valence-corrected chi connectivity index (χ1v) is 5.87. The summed E-state index contributed by atoms with van der Waals surface area (Å²) in [6.07, 6.45) is 1.71. The molecule has 1 atom stereocenters. The molecule has 1 aliphatic heterocycles. The first-order valence-electron chi connectivity index (χ1n) is 5.87. The van der Waals surface area contributed by atoms with Crippen LogP contribution >= 0.6 is 0 Å². The maximum atomic E-state index is 10.6. The van der Waals surface area contributed by atoms with E-state index >= 15 is 0 Å². The minimum absolute atomic E-state index is 0.0870. The van der Waals surface area contributed by atoms with Gasteiger partial charge in [-0.15, -0.1) is 0 Å². The lowest BCUT2D eigenvalue weighted by Gasteiger charge is -2.16. The van der Waals surface area contributed by atoms with E-state index in [-0.39, 0.29) is 11.9 Å². The van der Waals surface area contributed by atoms with Gasteiger partial charge in [0.05, 0.1) is 10.3 Å². The molecule has 0 saturated carbocycles. The Morgan fingerprint density at radius 1 is 1.11 bits per heavy atom. The summed E-state index contributed by atoms with van der Waals surface area (Å²) >= 11 is 0. The van der Waals surface area contributed by atoms with E-state index in [0.29, 0.717) is 0 Å². The van der Waals surface area contributed by atoms with Crippen LogP contribution in [0, 0.1) is 10.1 Å². The van der Waals surface area contributed by atoms with E-state index in [0.717, 1.165) is 16.1 Å². The quantitative estimate of drug-likeness (QED) is 0.647. The second kappa shape index (κ2) is 4.53. The van der Waals surface area contributed by atoms with Crippen LogP contribution in [0.15, 0.2) is 53.5 Å². The number of nitrogens with one attached hydrogen (secondary N) is 1. The summed E-state index contributed by atoms with van der Waals surface area (Å²) in [5, 5.41) is 15.8. The normalized spacial score (nSPS) is 16.5. The van der Waals surface area contributed by atoms with E-state index in [4.69, 9.17) is 0 Å². The molecule has 5 heteroatoms. The molecule has 0 aromatic heterocycles. The summed E-state index contributed by atoms with van der Waals surface area (Å²) in [5.74, 6) is 0. The number of nitrogens with zero attached hydrogens (tertiary/aromatic N) is 2. The van der Waals surface area contributed by atoms with Crippen LogP contribution in [0.2, 0.25) is 0 Å². The molecular formula is C14H11N3O2. The highest BCUT2D eigenvalue weighted by Gasteiger charge is 2.12. The average molecular weight is 253 g/mol. The van der Waals surface area contributed by atoms with Gasteiger partial charge in [0.1, 0.15) is 6.17 Å². The van der Waals surface area contributed by atoms with Crippen LogP contribution in [-0.2, 0) is 0 Å². The molecule has 1 aliphatic rings. The van der Waals surface area contributed by atoms with Gasteiger partial charge in [0, 0.05) is 23.6 Å². The minimum Gasteiger partial charge on any atom is -0.366 e. The second-order valence-corrected chi connectivity index (χ2v) is 4.25. The SMILES string of the molecule is O=[N+]([O-])c1ccc(C2N=c3ccccc3=CN2)cc1. The van der Waals surface area contributed by atoms with Gasteiger partial charge in [-0.1, -0.05) is 18.2 Å². The number of nitro groups is 1. The Morgan fingerprint density at radius 3 is 2.58 bits per heavy atom. The lowest BCUT2D eigenvalue weighted by atomic mass is 10.1. The number of non-ortho nitro benzene ring substituents is 1. The van der Waals surface area contributed by atoms with Crippen molar-refractivity contribution in [2.45, 2.75) is 6.17 Å². The molecule has 3 rings (SSSR count). The Morgan fingerprint density at radius 2 is 1.84 bits per heavy atom. The lowest BCUT2D eigenvalue weighted by Crippen LogP contribution is -2.34. The molecule has 0 spiro atoms. The Kier molecular flexibility index (Phi) is 2.72. The topological polar surface area (TPSA) is 67.5 Å². The van der Waals surface area contributed by atoms with Crippen molar-refractivity contribution < 1.29 is 4.92 Å². The first kappa shape index (κ1) is 11.4. The van der Waals surface area contributed by atoms with Gasteiger partial charge in [-0.25, -0.2) is 0 Å². The highest BCUT2D eigenvalue weighted by atomic mass is 16.6. The van der Waals surface area contributed by atoms with Gasteiger partial charge >= 0.3 is 0 Å². The fourth-order valence-electron chi connectivity index (χ4n) is 2.02. The van der Waals surface area contributed by atoms with Crippen LogP contribution in [0.25, 0.3) is 6.20 Å². The maximum absolute atomic E-state index is 10.6. The van der Waals surface area contributed by atoms with E-state index in [1.165, 1.54) is 12.1 Å². The molecule has 1 unspecified atom stereocenters. The number of hydrogen-bond donors (Lipinski definition) is 1. The fourth-order valence-corrected chi connectivity index (χ4v) is 2.02. The molecule has 0 aliphatic carbocycles. The minimum atomic E-state index is -0.406. The van der Waals surface area contributed by atoms with Crippen molar-refractivity contribution in [3.63, 3.8) is 0 Å². The molecule has 19 heavy (non-hydrogen) atoms. The predicted molar refractivity (Wildman–Crippen MR) is 70.7 cm³/mol. The second-order valence-electron chi connectivity index (χ2n) is 4.25. The van der Waals surface area contributed by atoms with Crippen LogP contribution in [-0.4, -0.2) is 4.92 Å². The third kappa shape index (κ3) is 2.18. The number of rotatable bonds is 2. The van der Waals surface area contributed by atoms with Gasteiger partial charge < -0.3 is 5.32 Å². The van der Waals surface area contributed by atoms with Crippen molar-refractivity contribution in [3.05, 3.63) is 74.8 Å². The van der Waals surface area contributed by atoms with Crippen LogP contribution in [0.3, 0.4) is 0 Å². The van der Waals surface area contributed by atoms with Crippen molar-refractivity contribution >= 4 is 11.9 Å². The largest absolute Gasteiger partial charge is 0.366 e. The summed E-state index contributed by atoms with van der Waals surface area (Å²) in [4.78, 5) is 14.8. The number of nitro benzene ring substituents is 1. The fraction of sp³-hybridized carbons (Fsp3) is 0.0714. The monoisotopic (exact) mass is 253 g/mol. The summed E-state index contributed by atoms with van der Waals surface area (Å²) in [6, 6.07) is 14.3. The summed E-state index contributed by atoms with van der Waals surface area (Å²) in [7, 11) is 0. The molecular weight excluding hydrogens is 242 g/mol. The van der Waals surface area contributed by atoms with Crippen molar-refractivity contribution in [2.75, 3.05) is 0 Å². The average Bonchev–Trinajstić information content (AvgIpc) is 2.47. The third-order valence-corrected chi connectivity index (χ3v) is 3.02. The predicted octanol–water partition coefficient (Wildman–Crippen LogP) is 1.25. The zero-order chi connectivity index (χ0) is 13.2. The molecule has 0 saturated heterocycles. The molecule has 94 valence electrons. The molecule has 0 radical (unpaired) electrons. The Balaban J connectivity index is 1.96. The van der Waals surface area contributed by atoms with Crippen molar-refractivity contribution in [1.82, 2.24) is 5.32 Å². The molecule has 2 aromatic rings. The van der Waals surface area contributed by atoms with Crippen molar-refractivity contribution in [1.29, 1.82) is 0 Å². The van der Waals surface area contributed by atoms with Crippen molar-refractivity contribution in [3.8, 4) is 0 Å². The molecule has 0 fully saturated rings. The first-order chi connectivity index (χ1) is 9.24. The summed E-state index contributed by atoms with van der Waals surface area (Å²) in [6.45, 7) is 0. The van der Waals surface area contributed by atoms with E-state index < -0.39 is 4.92 Å². The molecule has 1 heterocycles. The summed E-state index contributed by atoms with van der Waals surface area (Å²) in [5.41, 5.74) is 0.986. The Hall–Kier alpha value is -2.69. The van der Waals surface area contributed by atoms with Crippen LogP contribution in [0.1, 0.15) is 11.7 Å². The van der Waals surface area contributed by atoms with Crippen molar-refractivity contribution in [2.24, 2.45) is 4.99 Å². The smallest absolute Gasteiger partial charge is 0.269 e. The highest BCUT2D eigenvalue weighted by molar-refractivity contribution is 5.36. The number of para-hydroxylation sites is 1. The van der Waals surface area contributed by atoms with Gasteiger partial charge in [-0.2, -0.15) is 0 Å². The standard InChI is InChI=1S/C14H11N3O2/c18-17(19)12-7-5-10(6-8-12)14-15-9-11-3-1-2-4-13(11)16-14/h1-9,14-15H. The number of hydrogen-bond acceptors (Lipinski definition) is 4. The number of fused-ring (bicyclic) bond motifs is 1. The lowest BCUT2D eigenvalue weighted by molar-refractivity contribution is -0.384. The molecule has 2 aromatic carbocycles. The Bertz CT molecular complexity index is 738. The van der Waals surface area contributed by atoms with Crippen LogP contribution in [0.5, 0.6) is 0 Å². The van der Waals surface area contributed by atoms with E-state index in [1.807, 2.05) is 30.5 Å². The van der Waals surface area contributed by atoms with Gasteiger partial charge in [0.15, 0.2) is 0 Å². The Labute approximate surface area is 109 Å². The maximum Gasteiger partial charge on any atom is 0.269 e. The van der Waals surface area contributed by atoms with Gasteiger partial charge in [0.2, 0.25) is 0 Å². The molecule has 0 amide bonds. The van der Waals surface area contributed by atoms with Gasteiger partial charge in [-0.3, -0.25) is 15.1 Å².